The van der Waals surface area contributed by atoms with Crippen LogP contribution < -0.4 is 5.73 Å². The van der Waals surface area contributed by atoms with Crippen molar-refractivity contribution in [3.05, 3.63) is 39.5 Å². The van der Waals surface area contributed by atoms with E-state index >= 15 is 0 Å². The van der Waals surface area contributed by atoms with Crippen molar-refractivity contribution >= 4 is 35.0 Å². The van der Waals surface area contributed by atoms with Gasteiger partial charge in [0.2, 0.25) is 0 Å². The van der Waals surface area contributed by atoms with Crippen molar-refractivity contribution in [2.45, 2.75) is 36.2 Å². The summed E-state index contributed by atoms with van der Waals surface area (Å²) in [6.07, 6.45) is 0.792. The molecule has 3 nitrogen and oxygen atoms in total. The molecule has 1 aromatic heterocycles. The van der Waals surface area contributed by atoms with Crippen molar-refractivity contribution in [2.75, 3.05) is 0 Å². The summed E-state index contributed by atoms with van der Waals surface area (Å²) >= 11 is 13.8. The van der Waals surface area contributed by atoms with E-state index in [1.807, 2.05) is 31.6 Å². The summed E-state index contributed by atoms with van der Waals surface area (Å²) in [5.74, 6) is 0. The standard InChI is InChI=1S/C14H17Cl2N3S/c1-8(17)6-11-9(2)18-19(3)14(11)20-13-7-10(15)4-5-12(13)16/h4-5,7-8H,6,17H2,1-3H3. The predicted octanol–water partition coefficient (Wildman–Crippen LogP) is 4.08. The first kappa shape index (κ1) is 15.7. The van der Waals surface area contributed by atoms with Gasteiger partial charge in [-0.05, 0) is 38.5 Å². The Morgan fingerprint density at radius 3 is 2.75 bits per heavy atom. The second-order valence-electron chi connectivity index (χ2n) is 4.85. The zero-order chi connectivity index (χ0) is 14.9. The molecule has 0 fully saturated rings. The molecule has 1 heterocycles. The Morgan fingerprint density at radius 2 is 2.10 bits per heavy atom. The van der Waals surface area contributed by atoms with Gasteiger partial charge in [-0.25, -0.2) is 0 Å². The lowest BCUT2D eigenvalue weighted by Crippen LogP contribution is -2.18. The number of nitrogens with zero attached hydrogens (tertiary/aromatic N) is 2. The average Bonchev–Trinajstić information content (AvgIpc) is 2.60. The van der Waals surface area contributed by atoms with Crippen molar-refractivity contribution in [3.63, 3.8) is 0 Å². The summed E-state index contributed by atoms with van der Waals surface area (Å²) in [6.45, 7) is 3.99. The highest BCUT2D eigenvalue weighted by molar-refractivity contribution is 7.99. The van der Waals surface area contributed by atoms with E-state index < -0.39 is 0 Å². The summed E-state index contributed by atoms with van der Waals surface area (Å²) in [4.78, 5) is 0.924. The molecule has 1 aromatic carbocycles. The lowest BCUT2D eigenvalue weighted by atomic mass is 10.1. The van der Waals surface area contributed by atoms with E-state index in [4.69, 9.17) is 28.9 Å². The van der Waals surface area contributed by atoms with Crippen LogP contribution in [-0.2, 0) is 13.5 Å². The molecule has 0 radical (unpaired) electrons. The van der Waals surface area contributed by atoms with Crippen LogP contribution in [0, 0.1) is 6.92 Å². The summed E-state index contributed by atoms with van der Waals surface area (Å²) in [5, 5.41) is 6.89. The van der Waals surface area contributed by atoms with E-state index in [9.17, 15) is 0 Å². The second-order valence-corrected chi connectivity index (χ2v) is 6.73. The summed E-state index contributed by atoms with van der Waals surface area (Å²) in [7, 11) is 1.93. The summed E-state index contributed by atoms with van der Waals surface area (Å²) in [6, 6.07) is 5.55. The number of benzene rings is 1. The van der Waals surface area contributed by atoms with Crippen molar-refractivity contribution in [1.82, 2.24) is 9.78 Å². The van der Waals surface area contributed by atoms with E-state index in [-0.39, 0.29) is 6.04 Å². The molecule has 0 aliphatic carbocycles. The highest BCUT2D eigenvalue weighted by Crippen LogP contribution is 2.37. The van der Waals surface area contributed by atoms with E-state index in [1.165, 1.54) is 5.56 Å². The van der Waals surface area contributed by atoms with Crippen LogP contribution in [-0.4, -0.2) is 15.8 Å². The normalized spacial score (nSPS) is 12.7. The van der Waals surface area contributed by atoms with Crippen LogP contribution in [0.5, 0.6) is 0 Å². The number of rotatable bonds is 4. The number of aryl methyl sites for hydroxylation is 2. The zero-order valence-corrected chi connectivity index (χ0v) is 14.0. The first-order chi connectivity index (χ1) is 9.38. The molecule has 0 spiro atoms. The fourth-order valence-corrected chi connectivity index (χ4v) is 3.58. The van der Waals surface area contributed by atoms with Crippen LogP contribution in [0.2, 0.25) is 10.0 Å². The van der Waals surface area contributed by atoms with Gasteiger partial charge in [0.25, 0.3) is 0 Å². The van der Waals surface area contributed by atoms with E-state index in [0.29, 0.717) is 10.0 Å². The quantitative estimate of drug-likeness (QED) is 0.919. The van der Waals surface area contributed by atoms with E-state index in [1.54, 1.807) is 23.9 Å². The number of nitrogens with two attached hydrogens (primary N) is 1. The Balaban J connectivity index is 2.40. The topological polar surface area (TPSA) is 43.8 Å². The first-order valence-electron chi connectivity index (χ1n) is 6.29. The SMILES string of the molecule is Cc1nn(C)c(Sc2cc(Cl)ccc2Cl)c1CC(C)N. The molecule has 0 aliphatic heterocycles. The molecule has 0 amide bonds. The maximum atomic E-state index is 6.23. The molecule has 0 saturated heterocycles. The third-order valence-electron chi connectivity index (χ3n) is 2.91. The number of halogens is 2. The molecule has 108 valence electrons. The molecule has 2 N–H and O–H groups in total. The van der Waals surface area contributed by atoms with Crippen molar-refractivity contribution in [3.8, 4) is 0 Å². The van der Waals surface area contributed by atoms with Gasteiger partial charge < -0.3 is 5.73 Å². The van der Waals surface area contributed by atoms with Crippen molar-refractivity contribution in [1.29, 1.82) is 0 Å². The van der Waals surface area contributed by atoms with Gasteiger partial charge in [-0.15, -0.1) is 0 Å². The average molecular weight is 330 g/mol. The highest BCUT2D eigenvalue weighted by Gasteiger charge is 2.17. The second kappa shape index (κ2) is 6.39. The fourth-order valence-electron chi connectivity index (χ4n) is 2.03. The van der Waals surface area contributed by atoms with Gasteiger partial charge in [-0.1, -0.05) is 35.0 Å². The minimum absolute atomic E-state index is 0.0899. The molecule has 2 aromatic rings. The Bertz CT molecular complexity index is 623. The van der Waals surface area contributed by atoms with Gasteiger partial charge in [0.05, 0.1) is 10.7 Å². The zero-order valence-electron chi connectivity index (χ0n) is 11.7. The first-order valence-corrected chi connectivity index (χ1v) is 7.86. The van der Waals surface area contributed by atoms with Gasteiger partial charge in [-0.2, -0.15) is 5.10 Å². The lowest BCUT2D eigenvalue weighted by Gasteiger charge is -2.10. The van der Waals surface area contributed by atoms with Gasteiger partial charge in [0.1, 0.15) is 5.03 Å². The largest absolute Gasteiger partial charge is 0.328 e. The third kappa shape index (κ3) is 3.50. The molecule has 20 heavy (non-hydrogen) atoms. The maximum Gasteiger partial charge on any atom is 0.102 e. The molecule has 1 atom stereocenters. The molecule has 0 saturated carbocycles. The fraction of sp³-hybridized carbons (Fsp3) is 0.357. The third-order valence-corrected chi connectivity index (χ3v) is 4.85. The Labute approximate surface area is 133 Å². The minimum atomic E-state index is 0.0899. The van der Waals surface area contributed by atoms with Crippen LogP contribution in [0.1, 0.15) is 18.2 Å². The summed E-state index contributed by atoms with van der Waals surface area (Å²) in [5.41, 5.74) is 8.10. The molecular formula is C14H17Cl2N3S. The molecule has 0 bridgehead atoms. The van der Waals surface area contributed by atoms with Gasteiger partial charge in [0, 0.05) is 28.6 Å². The van der Waals surface area contributed by atoms with E-state index in [0.717, 1.165) is 22.0 Å². The van der Waals surface area contributed by atoms with Crippen molar-refractivity contribution < 1.29 is 0 Å². The predicted molar refractivity (Wildman–Crippen MR) is 85.9 cm³/mol. The van der Waals surface area contributed by atoms with Gasteiger partial charge in [-0.3, -0.25) is 4.68 Å². The molecule has 1 unspecified atom stereocenters. The molecular weight excluding hydrogens is 313 g/mol. The van der Waals surface area contributed by atoms with Gasteiger partial charge in [0.15, 0.2) is 0 Å². The van der Waals surface area contributed by atoms with Crippen molar-refractivity contribution in [2.24, 2.45) is 12.8 Å². The maximum absolute atomic E-state index is 6.23. The Kier molecular flexibility index (Phi) is 5.02. The smallest absolute Gasteiger partial charge is 0.102 e. The molecule has 2 rings (SSSR count). The number of aromatic nitrogens is 2. The van der Waals surface area contributed by atoms with Crippen LogP contribution in [0.4, 0.5) is 0 Å². The monoisotopic (exact) mass is 329 g/mol. The number of hydrogen-bond acceptors (Lipinski definition) is 3. The lowest BCUT2D eigenvalue weighted by molar-refractivity contribution is 0.677. The van der Waals surface area contributed by atoms with Gasteiger partial charge >= 0.3 is 0 Å². The highest BCUT2D eigenvalue weighted by atomic mass is 35.5. The minimum Gasteiger partial charge on any atom is -0.328 e. The Morgan fingerprint density at radius 1 is 1.40 bits per heavy atom. The summed E-state index contributed by atoms with van der Waals surface area (Å²) < 4.78 is 1.87. The van der Waals surface area contributed by atoms with E-state index in [2.05, 4.69) is 5.10 Å². The Hall–Kier alpha value is -0.680. The van der Waals surface area contributed by atoms with Crippen LogP contribution >= 0.6 is 35.0 Å². The molecule has 6 heteroatoms. The van der Waals surface area contributed by atoms with Crippen LogP contribution in [0.15, 0.2) is 28.1 Å². The number of hydrogen-bond donors (Lipinski definition) is 1. The van der Waals surface area contributed by atoms with Crippen LogP contribution in [0.25, 0.3) is 0 Å². The molecule has 0 aliphatic rings. The van der Waals surface area contributed by atoms with Crippen LogP contribution in [0.3, 0.4) is 0 Å².